The minimum absolute atomic E-state index is 0.380. The van der Waals surface area contributed by atoms with Crippen molar-refractivity contribution in [2.75, 3.05) is 0 Å². The van der Waals surface area contributed by atoms with Crippen LogP contribution in [0.3, 0.4) is 0 Å². The second-order valence-corrected chi connectivity index (χ2v) is 6.41. The summed E-state index contributed by atoms with van der Waals surface area (Å²) in [4.78, 5) is 0. The summed E-state index contributed by atoms with van der Waals surface area (Å²) >= 11 is 0. The van der Waals surface area contributed by atoms with Crippen LogP contribution in [-0.2, 0) is 25.7 Å². The number of aryl methyl sites for hydroxylation is 1. The van der Waals surface area contributed by atoms with Crippen LogP contribution in [0, 0.1) is 0 Å². The molecule has 0 spiro atoms. The van der Waals surface area contributed by atoms with Crippen LogP contribution in [0.25, 0.3) is 0 Å². The molecule has 0 unspecified atom stereocenters. The van der Waals surface area contributed by atoms with E-state index in [0.29, 0.717) is 18.8 Å². The summed E-state index contributed by atoms with van der Waals surface area (Å²) in [7, 11) is 0. The van der Waals surface area contributed by atoms with Crippen LogP contribution >= 0.6 is 0 Å². The quantitative estimate of drug-likeness (QED) is 0.374. The van der Waals surface area contributed by atoms with Crippen LogP contribution in [-0.4, -0.2) is 11.2 Å². The highest BCUT2D eigenvalue weighted by molar-refractivity contribution is 5.75. The maximum atomic E-state index is 12.8. The van der Waals surface area contributed by atoms with Crippen molar-refractivity contribution in [3.63, 3.8) is 0 Å². The fourth-order valence-corrected chi connectivity index (χ4v) is 2.73. The van der Waals surface area contributed by atoms with Gasteiger partial charge in [0.15, 0.2) is 0 Å². The first kappa shape index (κ1) is 19.7. The third kappa shape index (κ3) is 5.49. The summed E-state index contributed by atoms with van der Waals surface area (Å²) in [6, 6.07) is 18.7. The van der Waals surface area contributed by atoms with E-state index in [2.05, 4.69) is 5.10 Å². The van der Waals surface area contributed by atoms with Gasteiger partial charge in [0.05, 0.1) is 24.9 Å². The lowest BCUT2D eigenvalue weighted by Gasteiger charge is -2.19. The monoisotopic (exact) mass is 386 g/mol. The normalized spacial score (nSPS) is 11.9. The molecule has 0 aliphatic rings. The van der Waals surface area contributed by atoms with Crippen LogP contribution in [0.1, 0.15) is 35.1 Å². The van der Waals surface area contributed by atoms with Crippen molar-refractivity contribution in [1.29, 1.82) is 0 Å². The van der Waals surface area contributed by atoms with E-state index in [4.69, 9.17) is 4.42 Å². The third-order valence-electron chi connectivity index (χ3n) is 4.23. The molecule has 0 saturated carbocycles. The Hall–Kier alpha value is -3.02. The first-order valence-corrected chi connectivity index (χ1v) is 9.02. The van der Waals surface area contributed by atoms with Crippen LogP contribution in [0.4, 0.5) is 13.2 Å². The maximum absolute atomic E-state index is 12.8. The lowest BCUT2D eigenvalue weighted by molar-refractivity contribution is -0.137. The molecule has 1 heterocycles. The van der Waals surface area contributed by atoms with Gasteiger partial charge in [0, 0.05) is 6.42 Å². The second kappa shape index (κ2) is 8.78. The number of furan rings is 1. The molecule has 146 valence electrons. The summed E-state index contributed by atoms with van der Waals surface area (Å²) in [6.07, 6.45) is -1.91. The first-order valence-electron chi connectivity index (χ1n) is 9.02. The van der Waals surface area contributed by atoms with Crippen molar-refractivity contribution in [1.82, 2.24) is 5.01 Å². The molecule has 0 N–H and O–H groups in total. The summed E-state index contributed by atoms with van der Waals surface area (Å²) in [5.41, 5.74) is 1.15. The fraction of sp³-hybridized carbons (Fsp3) is 0.227. The summed E-state index contributed by atoms with van der Waals surface area (Å²) in [6.45, 7) is 2.91. The van der Waals surface area contributed by atoms with Crippen molar-refractivity contribution < 1.29 is 17.6 Å². The average Bonchev–Trinajstić information content (AvgIpc) is 3.15. The Morgan fingerprint density at radius 1 is 0.893 bits per heavy atom. The van der Waals surface area contributed by atoms with E-state index < -0.39 is 11.7 Å². The largest absolute Gasteiger partial charge is 0.460 e. The van der Waals surface area contributed by atoms with Gasteiger partial charge in [0.1, 0.15) is 11.5 Å². The van der Waals surface area contributed by atoms with Gasteiger partial charge in [0.25, 0.3) is 0 Å². The van der Waals surface area contributed by atoms with Gasteiger partial charge in [-0.1, -0.05) is 49.4 Å². The minimum Gasteiger partial charge on any atom is -0.460 e. The number of nitrogens with zero attached hydrogens (tertiary/aromatic N) is 2. The van der Waals surface area contributed by atoms with E-state index in [0.717, 1.165) is 35.4 Å². The molecule has 3 aromatic rings. The predicted molar refractivity (Wildman–Crippen MR) is 103 cm³/mol. The maximum Gasteiger partial charge on any atom is 0.416 e. The molecule has 0 radical (unpaired) electrons. The molecule has 0 amide bonds. The predicted octanol–water partition coefficient (Wildman–Crippen LogP) is 5.90. The van der Waals surface area contributed by atoms with E-state index in [1.165, 1.54) is 12.1 Å². The van der Waals surface area contributed by atoms with Crippen molar-refractivity contribution in [3.05, 3.63) is 94.9 Å². The van der Waals surface area contributed by atoms with Crippen LogP contribution in [0.5, 0.6) is 0 Å². The lowest BCUT2D eigenvalue weighted by atomic mass is 10.1. The molecule has 1 aromatic heterocycles. The van der Waals surface area contributed by atoms with Gasteiger partial charge in [0.2, 0.25) is 0 Å². The zero-order valence-corrected chi connectivity index (χ0v) is 15.5. The Balaban J connectivity index is 1.77. The molecule has 3 rings (SSSR count). The summed E-state index contributed by atoms with van der Waals surface area (Å²) in [5, 5.41) is 6.29. The van der Waals surface area contributed by atoms with E-state index in [-0.39, 0.29) is 0 Å². The van der Waals surface area contributed by atoms with Crippen LogP contribution in [0.2, 0.25) is 0 Å². The highest BCUT2D eigenvalue weighted by Crippen LogP contribution is 2.29. The number of benzene rings is 2. The first-order chi connectivity index (χ1) is 13.4. The standard InChI is InChI=1S/C22H21F3N2O/c1-2-20-12-13-21(28-20)14-26-27(15-17-6-4-3-5-7-17)16-18-8-10-19(11-9-18)22(23,24)25/h3-14H,2,15-16H2,1H3/b26-14-. The third-order valence-corrected chi connectivity index (χ3v) is 4.23. The van der Waals surface area contributed by atoms with E-state index in [9.17, 15) is 13.2 Å². The Morgan fingerprint density at radius 2 is 1.54 bits per heavy atom. The molecule has 0 bridgehead atoms. The van der Waals surface area contributed by atoms with Gasteiger partial charge in [-0.05, 0) is 35.4 Å². The number of hydrogen-bond acceptors (Lipinski definition) is 3. The SMILES string of the molecule is CCc1ccc(/C=N\N(Cc2ccccc2)Cc2ccc(C(F)(F)F)cc2)o1. The topological polar surface area (TPSA) is 28.7 Å². The smallest absolute Gasteiger partial charge is 0.416 e. The number of rotatable bonds is 7. The molecular formula is C22H21F3N2O. The van der Waals surface area contributed by atoms with Gasteiger partial charge >= 0.3 is 6.18 Å². The van der Waals surface area contributed by atoms with E-state index in [1.54, 1.807) is 11.2 Å². The van der Waals surface area contributed by atoms with Crippen molar-refractivity contribution in [2.45, 2.75) is 32.6 Å². The molecule has 0 saturated heterocycles. The lowest BCUT2D eigenvalue weighted by Crippen LogP contribution is -2.17. The van der Waals surface area contributed by atoms with Gasteiger partial charge in [-0.2, -0.15) is 18.3 Å². The molecule has 28 heavy (non-hydrogen) atoms. The molecule has 0 aliphatic heterocycles. The molecule has 0 atom stereocenters. The number of alkyl halides is 3. The van der Waals surface area contributed by atoms with E-state index in [1.807, 2.05) is 49.4 Å². The fourth-order valence-electron chi connectivity index (χ4n) is 2.73. The zero-order chi connectivity index (χ0) is 20.0. The van der Waals surface area contributed by atoms with Crippen LogP contribution < -0.4 is 0 Å². The molecule has 2 aromatic carbocycles. The number of halogens is 3. The van der Waals surface area contributed by atoms with Gasteiger partial charge in [-0.15, -0.1) is 0 Å². The minimum atomic E-state index is -4.34. The van der Waals surface area contributed by atoms with Crippen molar-refractivity contribution >= 4 is 6.21 Å². The number of hydrazone groups is 1. The molecule has 0 fully saturated rings. The number of hydrogen-bond donors (Lipinski definition) is 0. The van der Waals surface area contributed by atoms with Crippen molar-refractivity contribution in [3.8, 4) is 0 Å². The zero-order valence-electron chi connectivity index (χ0n) is 15.5. The highest BCUT2D eigenvalue weighted by Gasteiger charge is 2.29. The van der Waals surface area contributed by atoms with Gasteiger partial charge < -0.3 is 4.42 Å². The Bertz CT molecular complexity index is 900. The van der Waals surface area contributed by atoms with E-state index >= 15 is 0 Å². The van der Waals surface area contributed by atoms with Gasteiger partial charge in [-0.25, -0.2) is 0 Å². The van der Waals surface area contributed by atoms with Crippen molar-refractivity contribution in [2.24, 2.45) is 5.10 Å². The highest BCUT2D eigenvalue weighted by atomic mass is 19.4. The van der Waals surface area contributed by atoms with Gasteiger partial charge in [-0.3, -0.25) is 5.01 Å². The summed E-state index contributed by atoms with van der Waals surface area (Å²) < 4.78 is 43.9. The summed E-state index contributed by atoms with van der Waals surface area (Å²) in [5.74, 6) is 1.51. The molecule has 0 aliphatic carbocycles. The Kier molecular flexibility index (Phi) is 6.19. The second-order valence-electron chi connectivity index (χ2n) is 6.41. The molecular weight excluding hydrogens is 365 g/mol. The Morgan fingerprint density at radius 3 is 2.11 bits per heavy atom. The molecule has 6 heteroatoms. The van der Waals surface area contributed by atoms with Crippen LogP contribution in [0.15, 0.2) is 76.2 Å². The Labute approximate surface area is 162 Å². The molecule has 3 nitrogen and oxygen atoms in total. The average molecular weight is 386 g/mol.